The SMILES string of the molecule is CCCC1(C(=O)N2CCCCC2C(N)=O)CCNCC1. The Labute approximate surface area is 121 Å². The molecule has 0 radical (unpaired) electrons. The van der Waals surface area contributed by atoms with E-state index in [0.717, 1.165) is 58.0 Å². The van der Waals surface area contributed by atoms with Gasteiger partial charge in [0.25, 0.3) is 0 Å². The van der Waals surface area contributed by atoms with E-state index in [9.17, 15) is 9.59 Å². The molecule has 0 aromatic carbocycles. The average Bonchev–Trinajstić information content (AvgIpc) is 2.47. The van der Waals surface area contributed by atoms with E-state index in [4.69, 9.17) is 5.73 Å². The molecule has 0 aliphatic carbocycles. The van der Waals surface area contributed by atoms with Crippen LogP contribution in [0.2, 0.25) is 0 Å². The first-order valence-electron chi connectivity index (χ1n) is 7.92. The number of nitrogens with zero attached hydrogens (tertiary/aromatic N) is 1. The first-order valence-corrected chi connectivity index (χ1v) is 7.92. The number of hydrogen-bond acceptors (Lipinski definition) is 3. The molecule has 20 heavy (non-hydrogen) atoms. The Morgan fingerprint density at radius 1 is 1.30 bits per heavy atom. The summed E-state index contributed by atoms with van der Waals surface area (Å²) in [5, 5.41) is 3.33. The number of carbonyl (C=O) groups is 2. The molecule has 2 amide bonds. The molecule has 2 aliphatic rings. The molecule has 114 valence electrons. The van der Waals surface area contributed by atoms with Gasteiger partial charge in [-0.2, -0.15) is 0 Å². The second-order valence-electron chi connectivity index (χ2n) is 6.19. The Hall–Kier alpha value is -1.10. The molecule has 0 aromatic rings. The molecule has 2 saturated heterocycles. The molecule has 1 unspecified atom stereocenters. The summed E-state index contributed by atoms with van der Waals surface area (Å²) in [5.41, 5.74) is 5.22. The molecule has 5 nitrogen and oxygen atoms in total. The highest BCUT2D eigenvalue weighted by Gasteiger charge is 2.44. The molecule has 0 saturated carbocycles. The van der Waals surface area contributed by atoms with Crippen LogP contribution in [0.5, 0.6) is 0 Å². The standard InChI is InChI=1S/C15H27N3O2/c1-2-6-15(7-9-17-10-8-15)14(20)18-11-4-3-5-12(18)13(16)19/h12,17H,2-11H2,1H3,(H2,16,19). The first-order chi connectivity index (χ1) is 9.60. The van der Waals surface area contributed by atoms with Crippen molar-refractivity contribution < 1.29 is 9.59 Å². The maximum atomic E-state index is 13.1. The largest absolute Gasteiger partial charge is 0.368 e. The maximum absolute atomic E-state index is 13.1. The van der Waals surface area contributed by atoms with Gasteiger partial charge in [-0.25, -0.2) is 0 Å². The van der Waals surface area contributed by atoms with Crippen LogP contribution in [0.1, 0.15) is 51.9 Å². The summed E-state index contributed by atoms with van der Waals surface area (Å²) in [6.45, 7) is 4.59. The van der Waals surface area contributed by atoms with Crippen LogP contribution in [0.3, 0.4) is 0 Å². The van der Waals surface area contributed by atoms with E-state index in [1.165, 1.54) is 0 Å². The molecule has 2 aliphatic heterocycles. The highest BCUT2D eigenvalue weighted by Crippen LogP contribution is 2.37. The molecular weight excluding hydrogens is 254 g/mol. The van der Waals surface area contributed by atoms with Gasteiger partial charge in [0.15, 0.2) is 0 Å². The van der Waals surface area contributed by atoms with Crippen molar-refractivity contribution in [2.45, 2.75) is 57.9 Å². The fourth-order valence-electron chi connectivity index (χ4n) is 3.73. The summed E-state index contributed by atoms with van der Waals surface area (Å²) in [5.74, 6) is -0.178. The average molecular weight is 281 g/mol. The van der Waals surface area contributed by atoms with Gasteiger partial charge in [-0.1, -0.05) is 13.3 Å². The van der Waals surface area contributed by atoms with Crippen LogP contribution in [0.25, 0.3) is 0 Å². The predicted octanol–water partition coefficient (Wildman–Crippen LogP) is 1.02. The normalized spacial score (nSPS) is 26.2. The molecule has 2 rings (SSSR count). The van der Waals surface area contributed by atoms with Gasteiger partial charge in [0.2, 0.25) is 11.8 Å². The zero-order chi connectivity index (χ0) is 14.6. The molecule has 1 atom stereocenters. The minimum atomic E-state index is -0.389. The molecule has 0 aromatic heterocycles. The van der Waals surface area contributed by atoms with E-state index in [2.05, 4.69) is 12.2 Å². The molecule has 2 heterocycles. The van der Waals surface area contributed by atoms with Gasteiger partial charge in [0.05, 0.1) is 5.41 Å². The predicted molar refractivity (Wildman–Crippen MR) is 78.0 cm³/mol. The number of rotatable bonds is 4. The van der Waals surface area contributed by atoms with E-state index >= 15 is 0 Å². The topological polar surface area (TPSA) is 75.4 Å². The van der Waals surface area contributed by atoms with Crippen molar-refractivity contribution in [3.63, 3.8) is 0 Å². The summed E-state index contributed by atoms with van der Waals surface area (Å²) in [7, 11) is 0. The van der Waals surface area contributed by atoms with Crippen LogP contribution in [-0.4, -0.2) is 42.4 Å². The van der Waals surface area contributed by atoms with Crippen molar-refractivity contribution in [3.8, 4) is 0 Å². The number of primary amides is 1. The summed E-state index contributed by atoms with van der Waals surface area (Å²) >= 11 is 0. The summed E-state index contributed by atoms with van der Waals surface area (Å²) in [6.07, 6.45) is 6.36. The Kier molecular flexibility index (Phi) is 5.02. The second-order valence-corrected chi connectivity index (χ2v) is 6.19. The highest BCUT2D eigenvalue weighted by atomic mass is 16.2. The second kappa shape index (κ2) is 6.57. The lowest BCUT2D eigenvalue weighted by molar-refractivity contribution is -0.152. The van der Waals surface area contributed by atoms with Crippen molar-refractivity contribution in [2.24, 2.45) is 11.1 Å². The summed E-state index contributed by atoms with van der Waals surface area (Å²) < 4.78 is 0. The van der Waals surface area contributed by atoms with Gasteiger partial charge >= 0.3 is 0 Å². The molecular formula is C15H27N3O2. The van der Waals surface area contributed by atoms with Gasteiger partial charge in [-0.3, -0.25) is 9.59 Å². The number of piperidine rings is 2. The van der Waals surface area contributed by atoms with Gasteiger partial charge in [-0.05, 0) is 51.6 Å². The van der Waals surface area contributed by atoms with Crippen LogP contribution in [0, 0.1) is 5.41 Å². The molecule has 2 fully saturated rings. The minimum Gasteiger partial charge on any atom is -0.368 e. The third-order valence-corrected chi connectivity index (χ3v) is 4.83. The molecule has 0 spiro atoms. The number of hydrogen-bond donors (Lipinski definition) is 2. The maximum Gasteiger partial charge on any atom is 0.240 e. The van der Waals surface area contributed by atoms with E-state index in [-0.39, 0.29) is 23.3 Å². The lowest BCUT2D eigenvalue weighted by Crippen LogP contribution is -2.57. The fraction of sp³-hybridized carbons (Fsp3) is 0.867. The van der Waals surface area contributed by atoms with E-state index in [0.29, 0.717) is 6.54 Å². The van der Waals surface area contributed by atoms with Crippen LogP contribution in [-0.2, 0) is 9.59 Å². The fourth-order valence-corrected chi connectivity index (χ4v) is 3.73. The Morgan fingerprint density at radius 2 is 2.00 bits per heavy atom. The number of nitrogens with two attached hydrogens (primary N) is 1. The zero-order valence-corrected chi connectivity index (χ0v) is 12.5. The van der Waals surface area contributed by atoms with Crippen molar-refractivity contribution in [3.05, 3.63) is 0 Å². The third-order valence-electron chi connectivity index (χ3n) is 4.83. The highest BCUT2D eigenvalue weighted by molar-refractivity contribution is 5.89. The number of likely N-dealkylation sites (tertiary alicyclic amines) is 1. The van der Waals surface area contributed by atoms with E-state index in [1.807, 2.05) is 0 Å². The quantitative estimate of drug-likeness (QED) is 0.808. The van der Waals surface area contributed by atoms with Crippen LogP contribution < -0.4 is 11.1 Å². The van der Waals surface area contributed by atoms with E-state index < -0.39 is 0 Å². The number of nitrogens with one attached hydrogen (secondary N) is 1. The van der Waals surface area contributed by atoms with Crippen LogP contribution in [0.15, 0.2) is 0 Å². The minimum absolute atomic E-state index is 0.171. The molecule has 0 bridgehead atoms. The first kappa shape index (κ1) is 15.3. The van der Waals surface area contributed by atoms with Crippen molar-refractivity contribution in [2.75, 3.05) is 19.6 Å². The third kappa shape index (κ3) is 2.97. The summed E-state index contributed by atoms with van der Waals surface area (Å²) in [4.78, 5) is 26.5. The smallest absolute Gasteiger partial charge is 0.240 e. The lowest BCUT2D eigenvalue weighted by atomic mass is 9.73. The van der Waals surface area contributed by atoms with Crippen LogP contribution >= 0.6 is 0 Å². The van der Waals surface area contributed by atoms with E-state index in [1.54, 1.807) is 4.90 Å². The zero-order valence-electron chi connectivity index (χ0n) is 12.5. The van der Waals surface area contributed by atoms with Crippen molar-refractivity contribution >= 4 is 11.8 Å². The Bertz CT molecular complexity index is 359. The molecule has 3 N–H and O–H groups in total. The number of carbonyl (C=O) groups excluding carboxylic acids is 2. The van der Waals surface area contributed by atoms with Gasteiger partial charge in [0, 0.05) is 6.54 Å². The summed E-state index contributed by atoms with van der Waals surface area (Å²) in [6, 6.07) is -0.389. The van der Waals surface area contributed by atoms with Crippen molar-refractivity contribution in [1.29, 1.82) is 0 Å². The Morgan fingerprint density at radius 3 is 2.60 bits per heavy atom. The number of amides is 2. The lowest BCUT2D eigenvalue weighted by Gasteiger charge is -2.43. The van der Waals surface area contributed by atoms with Crippen molar-refractivity contribution in [1.82, 2.24) is 10.2 Å². The Balaban J connectivity index is 2.18. The van der Waals surface area contributed by atoms with Gasteiger partial charge < -0.3 is 16.0 Å². The monoisotopic (exact) mass is 281 g/mol. The van der Waals surface area contributed by atoms with Gasteiger partial charge in [-0.15, -0.1) is 0 Å². The van der Waals surface area contributed by atoms with Gasteiger partial charge in [0.1, 0.15) is 6.04 Å². The van der Waals surface area contributed by atoms with Crippen LogP contribution in [0.4, 0.5) is 0 Å². The molecule has 5 heteroatoms.